The Morgan fingerprint density at radius 1 is 1.37 bits per heavy atom. The number of benzene rings is 1. The summed E-state index contributed by atoms with van der Waals surface area (Å²) in [5.74, 6) is 1.19. The zero-order chi connectivity index (χ0) is 13.7. The van der Waals surface area contributed by atoms with Crippen molar-refractivity contribution < 1.29 is 0 Å². The number of aromatic nitrogens is 2. The molecule has 19 heavy (non-hydrogen) atoms. The van der Waals surface area contributed by atoms with E-state index in [1.807, 2.05) is 24.3 Å². The van der Waals surface area contributed by atoms with Gasteiger partial charge in [-0.05, 0) is 47.2 Å². The summed E-state index contributed by atoms with van der Waals surface area (Å²) in [5, 5.41) is 6.84. The lowest BCUT2D eigenvalue weighted by atomic mass is 10.3. The standard InChI is InChI=1S/C13H14ClIN4/c1-2-6-16-13-17-8-11(14)12(19-13)18-10-5-3-4-9(15)7-10/h3-5,7-8H,2,6H2,1H3,(H2,16,17,18,19). The minimum absolute atomic E-state index is 0.501. The van der Waals surface area contributed by atoms with Crippen molar-refractivity contribution in [3.8, 4) is 0 Å². The largest absolute Gasteiger partial charge is 0.354 e. The van der Waals surface area contributed by atoms with Crippen LogP contribution in [0.2, 0.25) is 5.02 Å². The van der Waals surface area contributed by atoms with Gasteiger partial charge in [-0.25, -0.2) is 4.98 Å². The molecule has 0 amide bonds. The summed E-state index contributed by atoms with van der Waals surface area (Å²) in [4.78, 5) is 8.51. The van der Waals surface area contributed by atoms with Gasteiger partial charge in [-0.2, -0.15) is 4.98 Å². The van der Waals surface area contributed by atoms with Crippen LogP contribution in [0.1, 0.15) is 13.3 Å². The number of rotatable bonds is 5. The quantitative estimate of drug-likeness (QED) is 0.750. The molecule has 100 valence electrons. The molecule has 0 unspecified atom stereocenters. The van der Waals surface area contributed by atoms with E-state index in [4.69, 9.17) is 11.6 Å². The maximum Gasteiger partial charge on any atom is 0.224 e. The fourth-order valence-corrected chi connectivity index (χ4v) is 2.16. The first-order chi connectivity index (χ1) is 9.19. The van der Waals surface area contributed by atoms with Crippen molar-refractivity contribution in [1.29, 1.82) is 0 Å². The van der Waals surface area contributed by atoms with Crippen molar-refractivity contribution in [2.45, 2.75) is 13.3 Å². The molecule has 0 saturated carbocycles. The fourth-order valence-electron chi connectivity index (χ4n) is 1.48. The third-order valence-corrected chi connectivity index (χ3v) is 3.31. The molecule has 0 saturated heterocycles. The third-order valence-electron chi connectivity index (χ3n) is 2.36. The van der Waals surface area contributed by atoms with Gasteiger partial charge in [0.1, 0.15) is 5.02 Å². The normalized spacial score (nSPS) is 10.3. The summed E-state index contributed by atoms with van der Waals surface area (Å²) in [6.07, 6.45) is 2.62. The molecule has 0 radical (unpaired) electrons. The predicted molar refractivity (Wildman–Crippen MR) is 88.3 cm³/mol. The van der Waals surface area contributed by atoms with Crippen LogP contribution in [0.3, 0.4) is 0 Å². The SMILES string of the molecule is CCCNc1ncc(Cl)c(Nc2cccc(I)c2)n1. The van der Waals surface area contributed by atoms with Gasteiger partial charge >= 0.3 is 0 Å². The van der Waals surface area contributed by atoms with E-state index in [0.29, 0.717) is 16.8 Å². The second-order valence-electron chi connectivity index (χ2n) is 3.95. The first-order valence-corrected chi connectivity index (χ1v) is 7.43. The van der Waals surface area contributed by atoms with E-state index in [0.717, 1.165) is 22.2 Å². The van der Waals surface area contributed by atoms with Gasteiger partial charge in [0, 0.05) is 15.8 Å². The summed E-state index contributed by atoms with van der Waals surface area (Å²) in [7, 11) is 0. The van der Waals surface area contributed by atoms with Gasteiger partial charge in [0.25, 0.3) is 0 Å². The van der Waals surface area contributed by atoms with E-state index in [9.17, 15) is 0 Å². The Hall–Kier alpha value is -1.08. The van der Waals surface area contributed by atoms with Gasteiger partial charge in [-0.1, -0.05) is 24.6 Å². The number of nitrogens with one attached hydrogen (secondary N) is 2. The van der Waals surface area contributed by atoms with Gasteiger partial charge in [-0.15, -0.1) is 0 Å². The molecule has 1 aromatic heterocycles. The zero-order valence-electron chi connectivity index (χ0n) is 10.5. The number of nitrogens with zero attached hydrogens (tertiary/aromatic N) is 2. The molecular weight excluding hydrogens is 375 g/mol. The first-order valence-electron chi connectivity index (χ1n) is 5.98. The van der Waals surface area contributed by atoms with Gasteiger partial charge in [-0.3, -0.25) is 0 Å². The number of hydrogen-bond donors (Lipinski definition) is 2. The molecule has 1 heterocycles. The highest BCUT2D eigenvalue weighted by Crippen LogP contribution is 2.24. The molecule has 6 heteroatoms. The van der Waals surface area contributed by atoms with Crippen molar-refractivity contribution in [2.75, 3.05) is 17.2 Å². The molecule has 2 aromatic rings. The molecular formula is C13H14ClIN4. The Morgan fingerprint density at radius 3 is 2.95 bits per heavy atom. The second kappa shape index (κ2) is 6.91. The molecule has 1 aromatic carbocycles. The lowest BCUT2D eigenvalue weighted by Gasteiger charge is -2.09. The smallest absolute Gasteiger partial charge is 0.224 e. The van der Waals surface area contributed by atoms with Crippen LogP contribution in [0.4, 0.5) is 17.5 Å². The molecule has 0 aliphatic carbocycles. The van der Waals surface area contributed by atoms with E-state index in [2.05, 4.69) is 50.1 Å². The van der Waals surface area contributed by atoms with Crippen molar-refractivity contribution >= 4 is 51.6 Å². The number of anilines is 3. The second-order valence-corrected chi connectivity index (χ2v) is 5.61. The lowest BCUT2D eigenvalue weighted by Crippen LogP contribution is -2.06. The highest BCUT2D eigenvalue weighted by molar-refractivity contribution is 14.1. The molecule has 0 spiro atoms. The van der Waals surface area contributed by atoms with Crippen LogP contribution < -0.4 is 10.6 Å². The Balaban J connectivity index is 2.19. The summed E-state index contributed by atoms with van der Waals surface area (Å²) < 4.78 is 1.15. The molecule has 4 nitrogen and oxygen atoms in total. The average molecular weight is 389 g/mol. The van der Waals surface area contributed by atoms with Crippen LogP contribution in [0.5, 0.6) is 0 Å². The van der Waals surface area contributed by atoms with Gasteiger partial charge in [0.05, 0.1) is 6.20 Å². The summed E-state index contributed by atoms with van der Waals surface area (Å²) in [5.41, 5.74) is 0.953. The average Bonchev–Trinajstić information content (AvgIpc) is 2.40. The van der Waals surface area contributed by atoms with Crippen molar-refractivity contribution in [3.63, 3.8) is 0 Å². The van der Waals surface area contributed by atoms with Crippen molar-refractivity contribution in [1.82, 2.24) is 9.97 Å². The van der Waals surface area contributed by atoms with Crippen LogP contribution in [0, 0.1) is 3.57 Å². The van der Waals surface area contributed by atoms with Crippen LogP contribution in [0.25, 0.3) is 0 Å². The predicted octanol–water partition coefficient (Wildman–Crippen LogP) is 4.30. The summed E-state index contributed by atoms with van der Waals surface area (Å²) >= 11 is 8.37. The molecule has 0 bridgehead atoms. The van der Waals surface area contributed by atoms with Crippen LogP contribution in [-0.2, 0) is 0 Å². The Bertz CT molecular complexity index is 562. The van der Waals surface area contributed by atoms with Crippen molar-refractivity contribution in [2.24, 2.45) is 0 Å². The van der Waals surface area contributed by atoms with Gasteiger partial charge < -0.3 is 10.6 Å². The Morgan fingerprint density at radius 2 is 2.21 bits per heavy atom. The fraction of sp³-hybridized carbons (Fsp3) is 0.231. The number of halogens is 2. The van der Waals surface area contributed by atoms with E-state index in [1.165, 1.54) is 0 Å². The Labute approximate surface area is 131 Å². The molecule has 2 rings (SSSR count). The van der Waals surface area contributed by atoms with E-state index >= 15 is 0 Å². The van der Waals surface area contributed by atoms with E-state index in [1.54, 1.807) is 6.20 Å². The van der Waals surface area contributed by atoms with Crippen LogP contribution >= 0.6 is 34.2 Å². The zero-order valence-corrected chi connectivity index (χ0v) is 13.4. The van der Waals surface area contributed by atoms with Crippen molar-refractivity contribution in [3.05, 3.63) is 39.1 Å². The minimum atomic E-state index is 0.501. The number of hydrogen-bond acceptors (Lipinski definition) is 4. The van der Waals surface area contributed by atoms with E-state index in [-0.39, 0.29) is 0 Å². The lowest BCUT2D eigenvalue weighted by molar-refractivity contribution is 0.953. The molecule has 0 aliphatic heterocycles. The minimum Gasteiger partial charge on any atom is -0.354 e. The molecule has 0 fully saturated rings. The van der Waals surface area contributed by atoms with Gasteiger partial charge in [0.2, 0.25) is 5.95 Å². The van der Waals surface area contributed by atoms with Crippen LogP contribution in [-0.4, -0.2) is 16.5 Å². The summed E-state index contributed by atoms with van der Waals surface area (Å²) in [6.45, 7) is 2.93. The first kappa shape index (κ1) is 14.3. The van der Waals surface area contributed by atoms with E-state index < -0.39 is 0 Å². The topological polar surface area (TPSA) is 49.8 Å². The summed E-state index contributed by atoms with van der Waals surface area (Å²) in [6, 6.07) is 8.01. The molecule has 0 atom stereocenters. The monoisotopic (exact) mass is 388 g/mol. The van der Waals surface area contributed by atoms with Gasteiger partial charge in [0.15, 0.2) is 5.82 Å². The highest BCUT2D eigenvalue weighted by atomic mass is 127. The Kier molecular flexibility index (Phi) is 5.21. The maximum absolute atomic E-state index is 6.10. The highest BCUT2D eigenvalue weighted by Gasteiger charge is 2.05. The molecule has 2 N–H and O–H groups in total. The third kappa shape index (κ3) is 4.21. The maximum atomic E-state index is 6.10. The molecule has 0 aliphatic rings. The van der Waals surface area contributed by atoms with Crippen LogP contribution in [0.15, 0.2) is 30.5 Å².